The Bertz CT molecular complexity index is 1130. The molecule has 12 heteroatoms. The third-order valence-corrected chi connectivity index (χ3v) is 8.58. The molecule has 1 saturated heterocycles. The molecule has 0 bridgehead atoms. The second-order valence-electron chi connectivity index (χ2n) is 7.36. The second-order valence-corrected chi connectivity index (χ2v) is 11.2. The van der Waals surface area contributed by atoms with Crippen molar-refractivity contribution >= 4 is 31.6 Å². The van der Waals surface area contributed by atoms with E-state index in [1.807, 2.05) is 0 Å². The first-order chi connectivity index (χ1) is 15.1. The van der Waals surface area contributed by atoms with Gasteiger partial charge in [0.25, 0.3) is 0 Å². The van der Waals surface area contributed by atoms with Crippen molar-refractivity contribution in [3.8, 4) is 0 Å². The highest BCUT2D eigenvalue weighted by Crippen LogP contribution is 2.25. The van der Waals surface area contributed by atoms with Crippen molar-refractivity contribution in [3.63, 3.8) is 0 Å². The van der Waals surface area contributed by atoms with Gasteiger partial charge in [-0.05, 0) is 55.7 Å². The van der Waals surface area contributed by atoms with Crippen molar-refractivity contribution in [1.29, 1.82) is 0 Å². The van der Waals surface area contributed by atoms with Gasteiger partial charge in [0, 0.05) is 6.54 Å². The monoisotopic (exact) mass is 506 g/mol. The van der Waals surface area contributed by atoms with E-state index in [9.17, 15) is 26.3 Å². The molecule has 176 valence electrons. The molecule has 2 aromatic rings. The summed E-state index contributed by atoms with van der Waals surface area (Å²) in [4.78, 5) is -0.110. The lowest BCUT2D eigenvalue weighted by atomic mass is 9.98. The van der Waals surface area contributed by atoms with E-state index in [0.717, 1.165) is 12.1 Å². The minimum Gasteiger partial charge on any atom is -0.394 e. The number of rotatable bonds is 9. The molecule has 0 spiro atoms. The summed E-state index contributed by atoms with van der Waals surface area (Å²) in [5, 5.41) is 9.79. The highest BCUT2D eigenvalue weighted by atomic mass is 35.5. The summed E-state index contributed by atoms with van der Waals surface area (Å²) in [7, 11) is -7.70. The summed E-state index contributed by atoms with van der Waals surface area (Å²) >= 11 is 5.99. The molecule has 0 unspecified atom stereocenters. The molecule has 2 aromatic carbocycles. The lowest BCUT2D eigenvalue weighted by Crippen LogP contribution is -2.51. The summed E-state index contributed by atoms with van der Waals surface area (Å²) in [6.07, 6.45) is 0.0132. The normalized spacial score (nSPS) is 22.0. The van der Waals surface area contributed by atoms with Crippen LogP contribution in [0.15, 0.2) is 58.3 Å². The third kappa shape index (κ3) is 6.25. The van der Waals surface area contributed by atoms with Gasteiger partial charge < -0.3 is 9.84 Å². The molecule has 1 aliphatic heterocycles. The minimum atomic E-state index is -3.91. The molecule has 8 nitrogen and oxygen atoms in total. The number of sulfonamides is 2. The van der Waals surface area contributed by atoms with E-state index in [0.29, 0.717) is 19.3 Å². The van der Waals surface area contributed by atoms with Crippen molar-refractivity contribution < 1.29 is 31.1 Å². The van der Waals surface area contributed by atoms with Crippen molar-refractivity contribution in [2.45, 2.75) is 47.3 Å². The van der Waals surface area contributed by atoms with Crippen LogP contribution in [-0.4, -0.2) is 53.3 Å². The van der Waals surface area contributed by atoms with E-state index in [1.165, 1.54) is 24.3 Å². The first-order valence-corrected chi connectivity index (χ1v) is 13.3. The number of nitrogens with one attached hydrogen (secondary N) is 2. The van der Waals surface area contributed by atoms with Crippen LogP contribution in [0.1, 0.15) is 19.3 Å². The Morgan fingerprint density at radius 3 is 2.38 bits per heavy atom. The van der Waals surface area contributed by atoms with Crippen LogP contribution in [0.25, 0.3) is 0 Å². The third-order valence-electron chi connectivity index (χ3n) is 5.11. The van der Waals surface area contributed by atoms with Gasteiger partial charge in [0.05, 0.1) is 34.8 Å². The fourth-order valence-electron chi connectivity index (χ4n) is 3.46. The van der Waals surface area contributed by atoms with Crippen LogP contribution in [0, 0.1) is 5.82 Å². The number of aliphatic hydroxyl groups excluding tert-OH is 1. The second kappa shape index (κ2) is 10.6. The lowest BCUT2D eigenvalue weighted by Gasteiger charge is -2.36. The number of hydrogen-bond donors (Lipinski definition) is 3. The summed E-state index contributed by atoms with van der Waals surface area (Å²) in [6, 6.07) is 9.86. The zero-order valence-corrected chi connectivity index (χ0v) is 19.3. The van der Waals surface area contributed by atoms with Crippen LogP contribution >= 0.6 is 11.6 Å². The Balaban J connectivity index is 1.55. The molecule has 0 saturated carbocycles. The van der Waals surface area contributed by atoms with Crippen LogP contribution in [0.3, 0.4) is 0 Å². The Kier molecular flexibility index (Phi) is 8.26. The number of aliphatic hydroxyl groups is 1. The van der Waals surface area contributed by atoms with Crippen LogP contribution < -0.4 is 9.44 Å². The van der Waals surface area contributed by atoms with Gasteiger partial charge in [-0.15, -0.1) is 0 Å². The van der Waals surface area contributed by atoms with Gasteiger partial charge in [0.2, 0.25) is 20.0 Å². The molecule has 0 amide bonds. The van der Waals surface area contributed by atoms with Crippen LogP contribution in [-0.2, 0) is 24.8 Å². The van der Waals surface area contributed by atoms with E-state index in [-0.39, 0.29) is 27.5 Å². The van der Waals surface area contributed by atoms with Gasteiger partial charge in [-0.2, -0.15) is 0 Å². The average Bonchev–Trinajstić information content (AvgIpc) is 2.75. The first-order valence-electron chi connectivity index (χ1n) is 9.91. The molecular formula is C20H24ClFN2O6S2. The molecule has 3 N–H and O–H groups in total. The number of halogens is 2. The zero-order valence-electron chi connectivity index (χ0n) is 16.9. The molecule has 0 aliphatic carbocycles. The van der Waals surface area contributed by atoms with Crippen molar-refractivity contribution in [1.82, 2.24) is 9.44 Å². The molecule has 3 atom stereocenters. The topological polar surface area (TPSA) is 122 Å². The van der Waals surface area contributed by atoms with E-state index < -0.39 is 44.6 Å². The number of benzene rings is 2. The summed E-state index contributed by atoms with van der Waals surface area (Å²) in [5.41, 5.74) is 0. The summed E-state index contributed by atoms with van der Waals surface area (Å²) < 4.78 is 73.7. The predicted octanol–water partition coefficient (Wildman–Crippen LogP) is 2.03. The van der Waals surface area contributed by atoms with Gasteiger partial charge in [-0.1, -0.05) is 23.7 Å². The van der Waals surface area contributed by atoms with Crippen LogP contribution in [0.2, 0.25) is 5.02 Å². The van der Waals surface area contributed by atoms with E-state index >= 15 is 0 Å². The summed E-state index contributed by atoms with van der Waals surface area (Å²) in [5.74, 6) is -0.533. The Hall–Kier alpha value is -1.60. The van der Waals surface area contributed by atoms with Gasteiger partial charge in [-0.3, -0.25) is 0 Å². The standard InChI is InChI=1S/C20H24ClFN2O6S2/c21-17-3-1-2-4-20(17)32(28,29)24-18-10-7-15(30-19(18)13-25)11-12-23-31(26,27)16-8-5-14(22)6-9-16/h1-6,8-9,15,18-19,23-25H,7,10-13H2/t15-,18+,19-/m0/s1. The Morgan fingerprint density at radius 2 is 1.72 bits per heavy atom. The Morgan fingerprint density at radius 1 is 1.03 bits per heavy atom. The molecule has 1 aliphatic rings. The highest BCUT2D eigenvalue weighted by Gasteiger charge is 2.34. The quantitative estimate of drug-likeness (QED) is 0.478. The van der Waals surface area contributed by atoms with E-state index in [1.54, 1.807) is 12.1 Å². The molecule has 1 heterocycles. The smallest absolute Gasteiger partial charge is 0.242 e. The van der Waals surface area contributed by atoms with E-state index in [4.69, 9.17) is 16.3 Å². The number of hydrogen-bond acceptors (Lipinski definition) is 6. The van der Waals surface area contributed by atoms with Gasteiger partial charge in [0.15, 0.2) is 0 Å². The zero-order chi connectivity index (χ0) is 23.4. The predicted molar refractivity (Wildman–Crippen MR) is 117 cm³/mol. The maximum absolute atomic E-state index is 13.0. The van der Waals surface area contributed by atoms with Crippen LogP contribution in [0.4, 0.5) is 4.39 Å². The molecule has 3 rings (SSSR count). The lowest BCUT2D eigenvalue weighted by molar-refractivity contribution is -0.0869. The van der Waals surface area contributed by atoms with Gasteiger partial charge in [-0.25, -0.2) is 30.7 Å². The van der Waals surface area contributed by atoms with E-state index in [2.05, 4.69) is 9.44 Å². The molecule has 32 heavy (non-hydrogen) atoms. The maximum Gasteiger partial charge on any atom is 0.242 e. The fraction of sp³-hybridized carbons (Fsp3) is 0.400. The van der Waals surface area contributed by atoms with Crippen LogP contribution in [0.5, 0.6) is 0 Å². The highest BCUT2D eigenvalue weighted by molar-refractivity contribution is 7.89. The molecule has 1 fully saturated rings. The minimum absolute atomic E-state index is 0.0502. The van der Waals surface area contributed by atoms with Gasteiger partial charge >= 0.3 is 0 Å². The van der Waals surface area contributed by atoms with Crippen molar-refractivity contribution in [3.05, 3.63) is 59.4 Å². The maximum atomic E-state index is 13.0. The fourth-order valence-corrected chi connectivity index (χ4v) is 6.32. The molecular weight excluding hydrogens is 483 g/mol. The Labute approximate surface area is 191 Å². The number of ether oxygens (including phenoxy) is 1. The van der Waals surface area contributed by atoms with Gasteiger partial charge in [0.1, 0.15) is 10.7 Å². The van der Waals surface area contributed by atoms with Crippen molar-refractivity contribution in [2.24, 2.45) is 0 Å². The molecule has 0 radical (unpaired) electrons. The molecule has 0 aromatic heterocycles. The first kappa shape index (κ1) is 25.0. The largest absolute Gasteiger partial charge is 0.394 e. The SMILES string of the molecule is O=S(=O)(NCC[C@@H]1CC[C@@H](NS(=O)(=O)c2ccccc2Cl)[C@H](CO)O1)c1ccc(F)cc1. The van der Waals surface area contributed by atoms with Crippen molar-refractivity contribution in [2.75, 3.05) is 13.2 Å². The average molecular weight is 507 g/mol. The summed E-state index contributed by atoms with van der Waals surface area (Å²) in [6.45, 7) is -0.341.